The first-order valence-electron chi connectivity index (χ1n) is 41.0. The molecule has 23 heteroatoms. The molecular weight excluding hydrogens is 1370 g/mol. The Labute approximate surface area is 643 Å². The Kier molecular flexibility index (Phi) is 36.5. The third-order valence-corrected chi connectivity index (χ3v) is 20.9. The summed E-state index contributed by atoms with van der Waals surface area (Å²) in [5.74, 6) is -1.89. The molecule has 0 saturated heterocycles. The molecular formula is C85H133N7O16. The van der Waals surface area contributed by atoms with Crippen LogP contribution in [0.15, 0.2) is 81.5 Å². The van der Waals surface area contributed by atoms with Gasteiger partial charge in [0.05, 0.1) is 64.9 Å². The molecule has 7 atom stereocenters. The molecule has 604 valence electrons. The van der Waals surface area contributed by atoms with Gasteiger partial charge >= 0.3 is 6.09 Å². The lowest BCUT2D eigenvalue weighted by Gasteiger charge is -2.71. The van der Waals surface area contributed by atoms with Gasteiger partial charge in [0.25, 0.3) is 17.7 Å². The fourth-order valence-electron chi connectivity index (χ4n) is 16.5. The summed E-state index contributed by atoms with van der Waals surface area (Å²) in [5, 5.41) is 13.4. The molecule has 108 heavy (non-hydrogen) atoms. The van der Waals surface area contributed by atoms with Crippen molar-refractivity contribution in [1.82, 2.24) is 35.0 Å². The average molecular weight is 1510 g/mol. The van der Waals surface area contributed by atoms with Crippen LogP contribution in [-0.4, -0.2) is 154 Å². The highest BCUT2D eigenvalue weighted by Gasteiger charge is 2.68. The number of hydrogen-bond donors (Lipinski definition) is 4. The Bertz CT molecular complexity index is 3450. The molecule has 1 aromatic carbocycles. The number of benzene rings is 1. The van der Waals surface area contributed by atoms with Crippen LogP contribution in [0.4, 0.5) is 4.79 Å². The molecule has 0 spiro atoms. The Balaban J connectivity index is 1.38. The summed E-state index contributed by atoms with van der Waals surface area (Å²) >= 11 is 0. The van der Waals surface area contributed by atoms with E-state index in [1.54, 1.807) is 27.7 Å². The van der Waals surface area contributed by atoms with E-state index in [-0.39, 0.29) is 113 Å². The smallest absolute Gasteiger partial charge is 0.407 e. The van der Waals surface area contributed by atoms with Crippen molar-refractivity contribution >= 4 is 23.8 Å². The molecule has 4 amide bonds. The van der Waals surface area contributed by atoms with Crippen LogP contribution in [0.25, 0.3) is 0 Å². The molecule has 0 aliphatic heterocycles. The fraction of sp³-hybridized carbons (Fsp3) is 0.706. The van der Waals surface area contributed by atoms with Crippen LogP contribution in [0.3, 0.4) is 0 Å². The van der Waals surface area contributed by atoms with Crippen LogP contribution < -0.4 is 51.8 Å². The largest absolute Gasteiger partial charge is 0.487 e. The summed E-state index contributed by atoms with van der Waals surface area (Å²) < 4.78 is 62.0. The molecule has 8 rings (SSSR count). The maximum absolute atomic E-state index is 15.9. The van der Waals surface area contributed by atoms with Crippen LogP contribution in [0, 0.1) is 27.6 Å². The normalized spacial score (nSPS) is 19.5. The minimum atomic E-state index is -0.836. The van der Waals surface area contributed by atoms with Gasteiger partial charge in [-0.25, -0.2) is 4.79 Å². The molecule has 4 fully saturated rings. The van der Waals surface area contributed by atoms with Crippen molar-refractivity contribution in [2.45, 2.75) is 261 Å². The lowest BCUT2D eigenvalue weighted by atomic mass is 9.35. The van der Waals surface area contributed by atoms with Gasteiger partial charge in [-0.1, -0.05) is 137 Å². The van der Waals surface area contributed by atoms with E-state index in [1.807, 2.05) is 64.3 Å². The van der Waals surface area contributed by atoms with Crippen LogP contribution in [-0.2, 0) is 54.5 Å². The van der Waals surface area contributed by atoms with Crippen molar-refractivity contribution in [2.24, 2.45) is 27.6 Å². The Morgan fingerprint density at radius 2 is 0.722 bits per heavy atom. The molecule has 23 nitrogen and oxygen atoms in total. The number of pyridine rings is 3. The maximum Gasteiger partial charge on any atom is 0.407 e. The van der Waals surface area contributed by atoms with Gasteiger partial charge < -0.3 is 77.6 Å². The van der Waals surface area contributed by atoms with Gasteiger partial charge in [-0.2, -0.15) is 0 Å². The number of ether oxygens (including phenoxy) is 9. The molecule has 4 N–H and O–H groups in total. The summed E-state index contributed by atoms with van der Waals surface area (Å²) in [6, 6.07) is 14.5. The number of aromatic nitrogens is 3. The first kappa shape index (κ1) is 88.2. The van der Waals surface area contributed by atoms with Crippen LogP contribution in [0.5, 0.6) is 17.2 Å². The molecule has 3 aromatic heterocycles. The minimum absolute atomic E-state index is 0.0451. The topological polar surface area (TPSA) is 265 Å². The van der Waals surface area contributed by atoms with E-state index < -0.39 is 79.6 Å². The summed E-state index contributed by atoms with van der Waals surface area (Å²) in [7, 11) is 0. The first-order chi connectivity index (χ1) is 52.0. The fourth-order valence-corrected chi connectivity index (χ4v) is 16.5. The van der Waals surface area contributed by atoms with Gasteiger partial charge in [-0.15, -0.1) is 0 Å². The highest BCUT2D eigenvalue weighted by atomic mass is 16.6. The number of nitrogens with zero attached hydrogens (tertiary/aromatic N) is 3. The van der Waals surface area contributed by atoms with E-state index in [2.05, 4.69) is 68.0 Å². The monoisotopic (exact) mass is 1510 g/mol. The molecule has 4 aromatic rings. The molecule has 4 unspecified atom stereocenters. The second-order valence-electron chi connectivity index (χ2n) is 32.1. The summed E-state index contributed by atoms with van der Waals surface area (Å²) in [6.45, 7) is 27.2. The van der Waals surface area contributed by atoms with E-state index in [4.69, 9.17) is 42.6 Å². The molecule has 4 aliphatic carbocycles. The third kappa shape index (κ3) is 26.9. The first-order valence-corrected chi connectivity index (χ1v) is 41.0. The second-order valence-corrected chi connectivity index (χ2v) is 32.1. The zero-order chi connectivity index (χ0) is 78.0. The van der Waals surface area contributed by atoms with Crippen molar-refractivity contribution in [1.29, 1.82) is 0 Å². The predicted molar refractivity (Wildman–Crippen MR) is 422 cm³/mol. The number of carbonyl (C=O) groups is 4. The van der Waals surface area contributed by atoms with E-state index in [0.717, 1.165) is 89.0 Å². The summed E-state index contributed by atoms with van der Waals surface area (Å²) in [4.78, 5) is 104. The van der Waals surface area contributed by atoms with Gasteiger partial charge in [0.15, 0.2) is 34.3 Å². The van der Waals surface area contributed by atoms with Crippen LogP contribution in [0.1, 0.15) is 254 Å². The highest BCUT2D eigenvalue weighted by Crippen LogP contribution is 2.73. The van der Waals surface area contributed by atoms with Crippen LogP contribution >= 0.6 is 0 Å². The predicted octanol–water partition coefficient (Wildman–Crippen LogP) is 13.8. The Morgan fingerprint density at radius 3 is 1.06 bits per heavy atom. The average Bonchev–Trinajstić information content (AvgIpc) is 0.685. The zero-order valence-corrected chi connectivity index (χ0v) is 67.4. The minimum Gasteiger partial charge on any atom is -0.487 e. The number of nitrogens with one attached hydrogen (secondary N) is 4. The van der Waals surface area contributed by atoms with E-state index in [1.165, 1.54) is 18.2 Å². The molecule has 4 aliphatic rings. The van der Waals surface area contributed by atoms with E-state index in [9.17, 15) is 19.2 Å². The third-order valence-electron chi connectivity index (χ3n) is 20.9. The number of alkyl carbamates (subject to hydrolysis) is 1. The lowest BCUT2D eigenvalue weighted by molar-refractivity contribution is -0.194. The van der Waals surface area contributed by atoms with Gasteiger partial charge in [-0.05, 0) is 144 Å². The zero-order valence-electron chi connectivity index (χ0n) is 67.4. The van der Waals surface area contributed by atoms with Crippen molar-refractivity contribution in [3.05, 3.63) is 120 Å². The second kappa shape index (κ2) is 44.7. The number of hydrogen-bond acceptors (Lipinski definition) is 16. The Hall–Kier alpha value is -7.05. The summed E-state index contributed by atoms with van der Waals surface area (Å²) in [5.41, 5.74) is -4.06. The van der Waals surface area contributed by atoms with Gasteiger partial charge in [0, 0.05) is 108 Å². The van der Waals surface area contributed by atoms with Gasteiger partial charge in [-0.3, -0.25) is 28.8 Å². The van der Waals surface area contributed by atoms with Crippen molar-refractivity contribution in [2.75, 3.05) is 98.9 Å². The molecule has 0 radical (unpaired) electrons. The lowest BCUT2D eigenvalue weighted by Crippen LogP contribution is -2.68. The number of rotatable bonds is 54. The molecule has 4 bridgehead atoms. The molecule has 4 saturated carbocycles. The van der Waals surface area contributed by atoms with Gasteiger partial charge in [0.2, 0.25) is 16.3 Å². The summed E-state index contributed by atoms with van der Waals surface area (Å²) in [6.07, 6.45) is 20.1. The SMILES string of the molecule is CCCCOCC(Cc1ccccc1)Cn1ccc(=O)c(OCCCC)c1C(=O)NC[C@]12CC3(CNC(=O)c4c(OCCCC)c(=O)ccn4CC(COCCCC)OCCCC)C[C@](CNC(=O)OC(C)(C)C)(C[C@](CNC(=O)c4c(OCCCC)c(=O)ccn4CC(COCCCC)OCCCC)(C3)C1)C2. The highest BCUT2D eigenvalue weighted by molar-refractivity contribution is 5.96. The van der Waals surface area contributed by atoms with Crippen molar-refractivity contribution < 1.29 is 61.8 Å². The molecule has 3 heterocycles. The number of unbranched alkanes of at least 4 members (excludes halogenated alkanes) is 8. The van der Waals surface area contributed by atoms with Crippen molar-refractivity contribution in [3.63, 3.8) is 0 Å². The number of amides is 4. The van der Waals surface area contributed by atoms with Gasteiger partial charge in [0.1, 0.15) is 5.60 Å². The van der Waals surface area contributed by atoms with Crippen molar-refractivity contribution in [3.8, 4) is 17.2 Å². The van der Waals surface area contributed by atoms with E-state index in [0.29, 0.717) is 110 Å². The Morgan fingerprint density at radius 1 is 0.407 bits per heavy atom. The van der Waals surface area contributed by atoms with E-state index >= 15 is 14.4 Å². The van der Waals surface area contributed by atoms with Crippen LogP contribution in [0.2, 0.25) is 0 Å². The maximum atomic E-state index is 15.9. The number of carbonyl (C=O) groups excluding carboxylic acids is 4. The quantitative estimate of drug-likeness (QED) is 0.0299. The standard InChI is InChI=1S/C85H133N7O16/c1-12-20-39-100-51-65(47-64-31-29-28-30-32-64)48-90-36-33-68(93)74(105-44-25-17-6)71(90)77(96)86-60-82-54-83(61-87-78(97)72-75(106-45-26-18-7)69(94)34-37-91(72)49-66(103-42-23-15-4)52-101-40-21-13-2)56-84(55-82,59-85(57-82,58-83)63-89-80(99)108-81(9,10)11)62-88-79(98)73-76(107-46-27-19-8)70(95)35-38-92(73)50-67(104-43-24-16-5)53-102-41-22-14-3/h28-38,65-67H,12-27,39-63H2,1-11H3,(H,86,96)(H,87,97)(H,88,98)(H,89,99)/t65?,66?,67?,82-,83+,84?,85+/m0/s1.